The second kappa shape index (κ2) is 6.10. The van der Waals surface area contributed by atoms with Crippen molar-refractivity contribution in [2.45, 2.75) is 19.5 Å². The first-order valence-electron chi connectivity index (χ1n) is 6.11. The molecule has 2 aromatic heterocycles. The molecule has 0 spiro atoms. The molecule has 0 radical (unpaired) electrons. The molecule has 2 rings (SSSR count). The van der Waals surface area contributed by atoms with Gasteiger partial charge in [-0.1, -0.05) is 0 Å². The van der Waals surface area contributed by atoms with Crippen LogP contribution in [0.15, 0.2) is 46.4 Å². The fourth-order valence-electron chi connectivity index (χ4n) is 1.86. The van der Waals surface area contributed by atoms with Crippen molar-refractivity contribution in [3.63, 3.8) is 0 Å². The number of aryl methyl sites for hydroxylation is 2. The van der Waals surface area contributed by atoms with Crippen LogP contribution in [0, 0.1) is 0 Å². The Morgan fingerprint density at radius 1 is 1.11 bits per heavy atom. The van der Waals surface area contributed by atoms with E-state index in [1.807, 2.05) is 12.1 Å². The topological polar surface area (TPSA) is 82.9 Å². The Morgan fingerprint density at radius 2 is 1.84 bits per heavy atom. The van der Waals surface area contributed by atoms with E-state index < -0.39 is 0 Å². The summed E-state index contributed by atoms with van der Waals surface area (Å²) in [5.74, 6) is 0. The van der Waals surface area contributed by atoms with Gasteiger partial charge < -0.3 is 10.3 Å². The molecule has 2 heterocycles. The number of rotatable bonds is 5. The molecule has 19 heavy (non-hydrogen) atoms. The molecule has 0 amide bonds. The van der Waals surface area contributed by atoms with Crippen molar-refractivity contribution < 1.29 is 0 Å². The fraction of sp³-hybridized carbons (Fsp3) is 0.308. The first-order valence-corrected chi connectivity index (χ1v) is 6.11. The van der Waals surface area contributed by atoms with Crippen LogP contribution in [0.2, 0.25) is 0 Å². The molecule has 0 fully saturated rings. The molecule has 0 aromatic carbocycles. The minimum Gasteiger partial charge on any atom is -0.329 e. The maximum Gasteiger partial charge on any atom is 0.331 e. The van der Waals surface area contributed by atoms with Gasteiger partial charge in [0.15, 0.2) is 0 Å². The van der Waals surface area contributed by atoms with Crippen molar-refractivity contribution in [1.29, 1.82) is 0 Å². The van der Waals surface area contributed by atoms with Gasteiger partial charge in [-0.15, -0.1) is 0 Å². The molecule has 0 aliphatic heterocycles. The Kier molecular flexibility index (Phi) is 4.25. The molecule has 0 unspecified atom stereocenters. The zero-order chi connectivity index (χ0) is 13.7. The number of aromatic nitrogens is 3. The quantitative estimate of drug-likeness (QED) is 0.793. The lowest BCUT2D eigenvalue weighted by atomic mass is 10.2. The summed E-state index contributed by atoms with van der Waals surface area (Å²) in [4.78, 5) is 27.5. The number of hydrogen-bond acceptors (Lipinski definition) is 4. The predicted octanol–water partition coefficient (Wildman–Crippen LogP) is -0.394. The van der Waals surface area contributed by atoms with Crippen molar-refractivity contribution in [1.82, 2.24) is 14.1 Å². The van der Waals surface area contributed by atoms with E-state index in [9.17, 15) is 9.59 Å². The third-order valence-electron chi connectivity index (χ3n) is 2.88. The van der Waals surface area contributed by atoms with Crippen LogP contribution >= 0.6 is 0 Å². The maximum atomic E-state index is 12.1. The smallest absolute Gasteiger partial charge is 0.329 e. The van der Waals surface area contributed by atoms with Crippen molar-refractivity contribution in [3.8, 4) is 0 Å². The number of nitrogens with two attached hydrogens (primary N) is 1. The van der Waals surface area contributed by atoms with Gasteiger partial charge >= 0.3 is 5.69 Å². The summed E-state index contributed by atoms with van der Waals surface area (Å²) in [5, 5.41) is 0. The molecule has 6 heteroatoms. The van der Waals surface area contributed by atoms with Gasteiger partial charge in [-0.2, -0.15) is 0 Å². The van der Waals surface area contributed by atoms with Gasteiger partial charge in [0.05, 0.1) is 0 Å². The molecule has 0 atom stereocenters. The Labute approximate surface area is 110 Å². The van der Waals surface area contributed by atoms with Crippen LogP contribution in [-0.2, 0) is 19.5 Å². The molecule has 2 N–H and O–H groups in total. The van der Waals surface area contributed by atoms with Gasteiger partial charge in [0, 0.05) is 44.3 Å². The SMILES string of the molecule is NCCn1c(=O)ccn(CCc2ccncc2)c1=O. The lowest BCUT2D eigenvalue weighted by Gasteiger charge is -2.09. The molecule has 2 aromatic rings. The highest BCUT2D eigenvalue weighted by molar-refractivity contribution is 5.09. The summed E-state index contributed by atoms with van der Waals surface area (Å²) in [6.07, 6.45) is 5.67. The van der Waals surface area contributed by atoms with E-state index in [1.54, 1.807) is 12.4 Å². The molecule has 0 aliphatic carbocycles. The summed E-state index contributed by atoms with van der Waals surface area (Å²) in [6.45, 7) is 1.03. The van der Waals surface area contributed by atoms with Gasteiger partial charge in [-0.25, -0.2) is 4.79 Å². The van der Waals surface area contributed by atoms with E-state index in [0.29, 0.717) is 13.0 Å². The Bertz CT molecular complexity index is 646. The number of pyridine rings is 1. The molecule has 0 aliphatic rings. The largest absolute Gasteiger partial charge is 0.331 e. The third kappa shape index (κ3) is 3.17. The lowest BCUT2D eigenvalue weighted by molar-refractivity contribution is 0.555. The average molecular weight is 260 g/mol. The summed E-state index contributed by atoms with van der Waals surface area (Å²) < 4.78 is 2.68. The van der Waals surface area contributed by atoms with Crippen molar-refractivity contribution >= 4 is 0 Å². The molecule has 100 valence electrons. The van der Waals surface area contributed by atoms with Crippen molar-refractivity contribution in [2.75, 3.05) is 6.54 Å². The Balaban J connectivity index is 2.20. The van der Waals surface area contributed by atoms with Crippen molar-refractivity contribution in [2.24, 2.45) is 5.73 Å². The standard InChI is InChI=1S/C13H16N4O2/c14-5-10-17-12(18)4-9-16(13(17)19)8-3-11-1-6-15-7-2-11/h1-2,4,6-7,9H,3,5,8,10,14H2. The first kappa shape index (κ1) is 13.2. The minimum atomic E-state index is -0.313. The predicted molar refractivity (Wildman–Crippen MR) is 72.0 cm³/mol. The summed E-state index contributed by atoms with van der Waals surface area (Å²) in [6, 6.07) is 5.20. The van der Waals surface area contributed by atoms with E-state index >= 15 is 0 Å². The van der Waals surface area contributed by atoms with Crippen LogP contribution in [0.1, 0.15) is 5.56 Å². The molecule has 6 nitrogen and oxygen atoms in total. The highest BCUT2D eigenvalue weighted by Crippen LogP contribution is 1.98. The van der Waals surface area contributed by atoms with E-state index in [1.165, 1.54) is 16.8 Å². The van der Waals surface area contributed by atoms with Gasteiger partial charge in [0.2, 0.25) is 0 Å². The third-order valence-corrected chi connectivity index (χ3v) is 2.88. The van der Waals surface area contributed by atoms with Crippen LogP contribution in [0.25, 0.3) is 0 Å². The highest BCUT2D eigenvalue weighted by atomic mass is 16.2. The Morgan fingerprint density at radius 3 is 2.53 bits per heavy atom. The van der Waals surface area contributed by atoms with Crippen molar-refractivity contribution in [3.05, 3.63) is 63.2 Å². The second-order valence-corrected chi connectivity index (χ2v) is 4.18. The van der Waals surface area contributed by atoms with Gasteiger partial charge in [0.25, 0.3) is 5.56 Å². The molecule has 0 saturated carbocycles. The van der Waals surface area contributed by atoms with E-state index in [0.717, 1.165) is 10.1 Å². The summed E-state index contributed by atoms with van der Waals surface area (Å²) in [5.41, 5.74) is 5.87. The number of hydrogen-bond donors (Lipinski definition) is 1. The van der Waals surface area contributed by atoms with E-state index in [4.69, 9.17) is 5.73 Å². The van der Waals surface area contributed by atoms with E-state index in [-0.39, 0.29) is 24.3 Å². The minimum absolute atomic E-state index is 0.244. The average Bonchev–Trinajstić information content (AvgIpc) is 2.44. The zero-order valence-corrected chi connectivity index (χ0v) is 10.5. The lowest BCUT2D eigenvalue weighted by Crippen LogP contribution is -2.40. The summed E-state index contributed by atoms with van der Waals surface area (Å²) in [7, 11) is 0. The molecule has 0 saturated heterocycles. The van der Waals surface area contributed by atoms with Crippen LogP contribution in [0.3, 0.4) is 0 Å². The fourth-order valence-corrected chi connectivity index (χ4v) is 1.86. The molecule has 0 bridgehead atoms. The van der Waals surface area contributed by atoms with Crippen LogP contribution < -0.4 is 17.0 Å². The Hall–Kier alpha value is -2.21. The number of nitrogens with zero attached hydrogens (tertiary/aromatic N) is 3. The highest BCUT2D eigenvalue weighted by Gasteiger charge is 2.04. The van der Waals surface area contributed by atoms with Gasteiger partial charge in [-0.05, 0) is 24.1 Å². The van der Waals surface area contributed by atoms with Gasteiger partial charge in [0.1, 0.15) is 0 Å². The second-order valence-electron chi connectivity index (χ2n) is 4.18. The monoisotopic (exact) mass is 260 g/mol. The van der Waals surface area contributed by atoms with Crippen LogP contribution in [0.4, 0.5) is 0 Å². The van der Waals surface area contributed by atoms with Gasteiger partial charge in [-0.3, -0.25) is 14.3 Å². The molecular formula is C13H16N4O2. The first-order chi connectivity index (χ1) is 9.22. The maximum absolute atomic E-state index is 12.1. The zero-order valence-electron chi connectivity index (χ0n) is 10.5. The van der Waals surface area contributed by atoms with Crippen LogP contribution in [-0.4, -0.2) is 20.7 Å². The normalized spacial score (nSPS) is 10.6. The summed E-state index contributed by atoms with van der Waals surface area (Å²) >= 11 is 0. The van der Waals surface area contributed by atoms with Crippen LogP contribution in [0.5, 0.6) is 0 Å². The van der Waals surface area contributed by atoms with E-state index in [2.05, 4.69) is 4.98 Å². The molecular weight excluding hydrogens is 244 g/mol.